The highest BCUT2D eigenvalue weighted by Crippen LogP contribution is 2.33. The molecule has 0 saturated carbocycles. The van der Waals surface area contributed by atoms with Crippen LogP contribution in [0.4, 0.5) is 0 Å². The summed E-state index contributed by atoms with van der Waals surface area (Å²) < 4.78 is 5.91. The highest BCUT2D eigenvalue weighted by atomic mass is 16.5. The van der Waals surface area contributed by atoms with Gasteiger partial charge in [-0.05, 0) is 39.0 Å². The molecule has 1 aromatic carbocycles. The third-order valence-electron chi connectivity index (χ3n) is 3.98. The van der Waals surface area contributed by atoms with Gasteiger partial charge in [0.2, 0.25) is 0 Å². The van der Waals surface area contributed by atoms with E-state index < -0.39 is 0 Å². The summed E-state index contributed by atoms with van der Waals surface area (Å²) >= 11 is 0. The minimum atomic E-state index is 0.349. The Morgan fingerprint density at radius 1 is 1.37 bits per heavy atom. The number of likely N-dealkylation sites (N-methyl/N-ethyl adjacent to an activating group) is 2. The van der Waals surface area contributed by atoms with E-state index >= 15 is 0 Å². The maximum Gasteiger partial charge on any atom is 0.124 e. The minimum Gasteiger partial charge on any atom is -0.492 e. The summed E-state index contributed by atoms with van der Waals surface area (Å²) in [6, 6.07) is 9.10. The van der Waals surface area contributed by atoms with E-state index in [2.05, 4.69) is 49.3 Å². The first kappa shape index (κ1) is 14.4. The van der Waals surface area contributed by atoms with Crippen LogP contribution in [0.3, 0.4) is 0 Å². The zero-order chi connectivity index (χ0) is 13.8. The van der Waals surface area contributed by atoms with Gasteiger partial charge in [-0.1, -0.05) is 32.0 Å². The maximum absolute atomic E-state index is 5.91. The van der Waals surface area contributed by atoms with Crippen LogP contribution in [0.1, 0.15) is 31.9 Å². The number of hydrogen-bond acceptors (Lipinski definition) is 3. The molecule has 0 aromatic heterocycles. The second-order valence-corrected chi connectivity index (χ2v) is 5.85. The first-order valence-corrected chi connectivity index (χ1v) is 7.22. The standard InChI is InChI=1S/C16H26N2O/c1-12(2)9-10-18(4)14-11-19-15-8-6-5-7-13(15)16(14)17-3/h5-8,12,14,16-17H,9-11H2,1-4H3. The molecule has 0 amide bonds. The molecule has 1 aliphatic rings. The van der Waals surface area contributed by atoms with Gasteiger partial charge in [0.1, 0.15) is 12.4 Å². The zero-order valence-corrected chi connectivity index (χ0v) is 12.5. The molecule has 0 bridgehead atoms. The molecule has 1 aliphatic heterocycles. The number of benzene rings is 1. The molecule has 0 spiro atoms. The molecular weight excluding hydrogens is 236 g/mol. The third kappa shape index (κ3) is 3.28. The molecule has 1 aromatic rings. The number of nitrogens with zero attached hydrogens (tertiary/aromatic N) is 1. The van der Waals surface area contributed by atoms with Crippen molar-refractivity contribution in [2.45, 2.75) is 32.4 Å². The topological polar surface area (TPSA) is 24.5 Å². The van der Waals surface area contributed by atoms with Gasteiger partial charge in [0, 0.05) is 5.56 Å². The lowest BCUT2D eigenvalue weighted by molar-refractivity contribution is 0.105. The quantitative estimate of drug-likeness (QED) is 0.883. The van der Waals surface area contributed by atoms with Crippen LogP contribution in [0.25, 0.3) is 0 Å². The van der Waals surface area contributed by atoms with Crippen LogP contribution in [-0.2, 0) is 0 Å². The summed E-state index contributed by atoms with van der Waals surface area (Å²) in [5.41, 5.74) is 1.28. The van der Waals surface area contributed by atoms with E-state index in [0.717, 1.165) is 24.8 Å². The van der Waals surface area contributed by atoms with Gasteiger partial charge in [-0.3, -0.25) is 4.90 Å². The van der Waals surface area contributed by atoms with E-state index in [0.29, 0.717) is 12.1 Å². The molecule has 0 aliphatic carbocycles. The Labute approximate surface area is 116 Å². The Hall–Kier alpha value is -1.06. The highest BCUT2D eigenvalue weighted by molar-refractivity contribution is 5.38. The fourth-order valence-electron chi connectivity index (χ4n) is 2.70. The second kappa shape index (κ2) is 6.40. The summed E-state index contributed by atoms with van der Waals surface area (Å²) in [5.74, 6) is 1.77. The lowest BCUT2D eigenvalue weighted by Gasteiger charge is -2.39. The smallest absolute Gasteiger partial charge is 0.124 e. The number of rotatable bonds is 5. The van der Waals surface area contributed by atoms with Gasteiger partial charge in [0.15, 0.2) is 0 Å². The normalized spacial score (nSPS) is 22.4. The number of fused-ring (bicyclic) bond motifs is 1. The van der Waals surface area contributed by atoms with Crippen LogP contribution in [-0.4, -0.2) is 38.2 Å². The molecule has 0 fully saturated rings. The summed E-state index contributed by atoms with van der Waals surface area (Å²) in [7, 11) is 4.24. The first-order chi connectivity index (χ1) is 9.13. The first-order valence-electron chi connectivity index (χ1n) is 7.22. The average molecular weight is 262 g/mol. The van der Waals surface area contributed by atoms with E-state index in [4.69, 9.17) is 4.74 Å². The van der Waals surface area contributed by atoms with Gasteiger partial charge in [0.05, 0.1) is 12.1 Å². The maximum atomic E-state index is 5.91. The van der Waals surface area contributed by atoms with Crippen molar-refractivity contribution in [3.63, 3.8) is 0 Å². The van der Waals surface area contributed by atoms with E-state index in [9.17, 15) is 0 Å². The lowest BCUT2D eigenvalue weighted by atomic mass is 9.95. The van der Waals surface area contributed by atoms with E-state index in [1.165, 1.54) is 12.0 Å². The van der Waals surface area contributed by atoms with Gasteiger partial charge >= 0.3 is 0 Å². The molecule has 106 valence electrons. The second-order valence-electron chi connectivity index (χ2n) is 5.85. The number of ether oxygens (including phenoxy) is 1. The predicted octanol–water partition coefficient (Wildman–Crippen LogP) is 2.69. The van der Waals surface area contributed by atoms with Crippen LogP contribution in [0, 0.1) is 5.92 Å². The number of para-hydroxylation sites is 1. The molecule has 2 unspecified atom stereocenters. The Morgan fingerprint density at radius 2 is 2.11 bits per heavy atom. The number of nitrogens with one attached hydrogen (secondary N) is 1. The van der Waals surface area contributed by atoms with E-state index in [1.54, 1.807) is 0 Å². The van der Waals surface area contributed by atoms with Crippen molar-refractivity contribution in [3.8, 4) is 5.75 Å². The molecule has 2 atom stereocenters. The summed E-state index contributed by atoms with van der Waals surface area (Å²) in [6.45, 7) is 6.43. The fourth-order valence-corrected chi connectivity index (χ4v) is 2.70. The van der Waals surface area contributed by atoms with Crippen molar-refractivity contribution < 1.29 is 4.74 Å². The van der Waals surface area contributed by atoms with E-state index in [1.807, 2.05) is 13.1 Å². The van der Waals surface area contributed by atoms with Crippen molar-refractivity contribution >= 4 is 0 Å². The van der Waals surface area contributed by atoms with Crippen LogP contribution >= 0.6 is 0 Å². The van der Waals surface area contributed by atoms with Crippen molar-refractivity contribution in [1.29, 1.82) is 0 Å². The van der Waals surface area contributed by atoms with Gasteiger partial charge in [-0.25, -0.2) is 0 Å². The van der Waals surface area contributed by atoms with Crippen LogP contribution in [0.5, 0.6) is 5.75 Å². The summed E-state index contributed by atoms with van der Waals surface area (Å²) in [5, 5.41) is 3.46. The van der Waals surface area contributed by atoms with E-state index in [-0.39, 0.29) is 0 Å². The van der Waals surface area contributed by atoms with Gasteiger partial charge in [-0.2, -0.15) is 0 Å². The summed E-state index contributed by atoms with van der Waals surface area (Å²) in [6.07, 6.45) is 1.23. The molecule has 1 heterocycles. The zero-order valence-electron chi connectivity index (χ0n) is 12.5. The molecule has 0 radical (unpaired) electrons. The van der Waals surface area contributed by atoms with Crippen molar-refractivity contribution in [1.82, 2.24) is 10.2 Å². The van der Waals surface area contributed by atoms with Crippen LogP contribution < -0.4 is 10.1 Å². The fraction of sp³-hybridized carbons (Fsp3) is 0.625. The highest BCUT2D eigenvalue weighted by Gasteiger charge is 2.32. The van der Waals surface area contributed by atoms with Crippen LogP contribution in [0.2, 0.25) is 0 Å². The largest absolute Gasteiger partial charge is 0.492 e. The lowest BCUT2D eigenvalue weighted by Crippen LogP contribution is -2.48. The molecule has 3 heteroatoms. The molecular formula is C16H26N2O. The monoisotopic (exact) mass is 262 g/mol. The van der Waals surface area contributed by atoms with Crippen LogP contribution in [0.15, 0.2) is 24.3 Å². The average Bonchev–Trinajstić information content (AvgIpc) is 2.43. The molecule has 1 N–H and O–H groups in total. The molecule has 19 heavy (non-hydrogen) atoms. The predicted molar refractivity (Wildman–Crippen MR) is 79.6 cm³/mol. The van der Waals surface area contributed by atoms with Crippen molar-refractivity contribution in [3.05, 3.63) is 29.8 Å². The summed E-state index contributed by atoms with van der Waals surface area (Å²) in [4.78, 5) is 2.43. The van der Waals surface area contributed by atoms with Gasteiger partial charge in [-0.15, -0.1) is 0 Å². The Kier molecular flexibility index (Phi) is 4.83. The molecule has 3 nitrogen and oxygen atoms in total. The molecule has 0 saturated heterocycles. The minimum absolute atomic E-state index is 0.349. The number of hydrogen-bond donors (Lipinski definition) is 1. The Balaban J connectivity index is 2.10. The Morgan fingerprint density at radius 3 is 2.79 bits per heavy atom. The van der Waals surface area contributed by atoms with Crippen molar-refractivity contribution in [2.75, 3.05) is 27.2 Å². The van der Waals surface area contributed by atoms with Gasteiger partial charge in [0.25, 0.3) is 0 Å². The Bertz CT molecular complexity index is 405. The van der Waals surface area contributed by atoms with Gasteiger partial charge < -0.3 is 10.1 Å². The van der Waals surface area contributed by atoms with Crippen molar-refractivity contribution in [2.24, 2.45) is 5.92 Å². The third-order valence-corrected chi connectivity index (χ3v) is 3.98. The molecule has 2 rings (SSSR count). The SMILES string of the molecule is CNC1c2ccccc2OCC1N(C)CCC(C)C.